The van der Waals surface area contributed by atoms with Crippen LogP contribution in [0.5, 0.6) is 5.75 Å². The van der Waals surface area contributed by atoms with Crippen molar-refractivity contribution < 1.29 is 14.3 Å². The first kappa shape index (κ1) is 16.0. The fourth-order valence-corrected chi connectivity index (χ4v) is 1.85. The van der Waals surface area contributed by atoms with Crippen LogP contribution in [-0.4, -0.2) is 32.3 Å². The quantitative estimate of drug-likeness (QED) is 0.791. The molecule has 1 amide bonds. The smallest absolute Gasteiger partial charge is 0.241 e. The molecule has 0 saturated carbocycles. The Bertz CT molecular complexity index is 430. The summed E-state index contributed by atoms with van der Waals surface area (Å²) in [5, 5.41) is 3.22. The topological polar surface area (TPSA) is 73.6 Å². The summed E-state index contributed by atoms with van der Waals surface area (Å²) in [4.78, 5) is 11.5. The minimum Gasteiger partial charge on any atom is -0.488 e. The number of amides is 1. The van der Waals surface area contributed by atoms with Crippen molar-refractivity contribution in [2.45, 2.75) is 13.0 Å². The van der Waals surface area contributed by atoms with Crippen LogP contribution in [0.25, 0.3) is 0 Å². The van der Waals surface area contributed by atoms with Crippen molar-refractivity contribution in [3.05, 3.63) is 22.2 Å². The van der Waals surface area contributed by atoms with E-state index in [9.17, 15) is 4.79 Å². The number of halogens is 2. The second-order valence-corrected chi connectivity index (χ2v) is 4.70. The molecule has 3 N–H and O–H groups in total. The number of carbonyl (C=O) groups is 1. The van der Waals surface area contributed by atoms with Gasteiger partial charge in [-0.25, -0.2) is 0 Å². The van der Waals surface area contributed by atoms with Gasteiger partial charge in [-0.15, -0.1) is 0 Å². The minimum atomic E-state index is -0.616. The molecule has 0 radical (unpaired) electrons. The summed E-state index contributed by atoms with van der Waals surface area (Å²) >= 11 is 12.1. The fraction of sp³-hybridized carbons (Fsp3) is 0.417. The summed E-state index contributed by atoms with van der Waals surface area (Å²) in [6.07, 6.45) is 0. The van der Waals surface area contributed by atoms with E-state index in [4.69, 9.17) is 38.4 Å². The van der Waals surface area contributed by atoms with Gasteiger partial charge in [0.2, 0.25) is 5.91 Å². The summed E-state index contributed by atoms with van der Waals surface area (Å²) < 4.78 is 10.3. The zero-order valence-electron chi connectivity index (χ0n) is 10.7. The Morgan fingerprint density at radius 2 is 1.95 bits per heavy atom. The van der Waals surface area contributed by atoms with Crippen molar-refractivity contribution in [3.63, 3.8) is 0 Å². The number of methoxy groups -OCH3 is 1. The van der Waals surface area contributed by atoms with Gasteiger partial charge >= 0.3 is 0 Å². The van der Waals surface area contributed by atoms with Crippen LogP contribution in [0.15, 0.2) is 12.1 Å². The molecule has 0 heterocycles. The molecule has 7 heteroatoms. The van der Waals surface area contributed by atoms with Gasteiger partial charge in [-0.3, -0.25) is 4.79 Å². The molecule has 1 aromatic rings. The number of anilines is 1. The van der Waals surface area contributed by atoms with Crippen molar-refractivity contribution in [2.24, 2.45) is 5.73 Å². The lowest BCUT2D eigenvalue weighted by molar-refractivity contribution is -0.117. The summed E-state index contributed by atoms with van der Waals surface area (Å²) in [5.74, 6) is 0.0411. The zero-order valence-corrected chi connectivity index (χ0v) is 12.2. The second-order valence-electron chi connectivity index (χ2n) is 3.89. The van der Waals surface area contributed by atoms with E-state index in [-0.39, 0.29) is 5.91 Å². The number of nitrogens with one attached hydrogen (secondary N) is 1. The SMILES string of the molecule is COCCOc1c(Cl)cc(NC(=O)C(C)N)cc1Cl. The van der Waals surface area contributed by atoms with E-state index in [0.717, 1.165) is 0 Å². The third-order valence-electron chi connectivity index (χ3n) is 2.21. The molecule has 1 aromatic carbocycles. The van der Waals surface area contributed by atoms with E-state index in [2.05, 4.69) is 5.32 Å². The molecule has 106 valence electrons. The van der Waals surface area contributed by atoms with Crippen LogP contribution in [0.4, 0.5) is 5.69 Å². The lowest BCUT2D eigenvalue weighted by Crippen LogP contribution is -2.32. The van der Waals surface area contributed by atoms with Crippen molar-refractivity contribution in [1.29, 1.82) is 0 Å². The summed E-state index contributed by atoms with van der Waals surface area (Å²) in [6.45, 7) is 2.35. The highest BCUT2D eigenvalue weighted by Crippen LogP contribution is 2.36. The predicted octanol–water partition coefficient (Wildman–Crippen LogP) is 2.30. The Hall–Kier alpha value is -1.01. The molecular weight excluding hydrogens is 291 g/mol. The maximum Gasteiger partial charge on any atom is 0.241 e. The molecule has 0 bridgehead atoms. The highest BCUT2D eigenvalue weighted by atomic mass is 35.5. The van der Waals surface area contributed by atoms with E-state index in [0.29, 0.717) is 34.7 Å². The Labute approximate surface area is 122 Å². The number of hydrogen-bond donors (Lipinski definition) is 2. The highest BCUT2D eigenvalue weighted by molar-refractivity contribution is 6.37. The van der Waals surface area contributed by atoms with E-state index in [1.165, 1.54) is 0 Å². The van der Waals surface area contributed by atoms with Crippen LogP contribution >= 0.6 is 23.2 Å². The molecule has 0 saturated heterocycles. The van der Waals surface area contributed by atoms with Crippen LogP contribution in [-0.2, 0) is 9.53 Å². The first-order valence-electron chi connectivity index (χ1n) is 5.63. The average Bonchev–Trinajstić information content (AvgIpc) is 2.32. The Balaban J connectivity index is 2.81. The molecular formula is C12H16Cl2N2O3. The Morgan fingerprint density at radius 3 is 2.42 bits per heavy atom. The van der Waals surface area contributed by atoms with Crippen LogP contribution in [0.1, 0.15) is 6.92 Å². The first-order valence-corrected chi connectivity index (χ1v) is 6.38. The Kier molecular flexibility index (Phi) is 6.37. The van der Waals surface area contributed by atoms with Crippen molar-refractivity contribution >= 4 is 34.8 Å². The van der Waals surface area contributed by atoms with Crippen LogP contribution < -0.4 is 15.8 Å². The third-order valence-corrected chi connectivity index (χ3v) is 2.77. The molecule has 19 heavy (non-hydrogen) atoms. The predicted molar refractivity (Wildman–Crippen MR) is 76.1 cm³/mol. The lowest BCUT2D eigenvalue weighted by atomic mass is 10.2. The third kappa shape index (κ3) is 4.87. The Morgan fingerprint density at radius 1 is 1.37 bits per heavy atom. The van der Waals surface area contributed by atoms with Crippen molar-refractivity contribution in [3.8, 4) is 5.75 Å². The fourth-order valence-electron chi connectivity index (χ4n) is 1.25. The number of ether oxygens (including phenoxy) is 2. The second kappa shape index (κ2) is 7.55. The molecule has 0 fully saturated rings. The average molecular weight is 307 g/mol. The van der Waals surface area contributed by atoms with Crippen LogP contribution in [0.2, 0.25) is 10.0 Å². The van der Waals surface area contributed by atoms with Crippen molar-refractivity contribution in [2.75, 3.05) is 25.6 Å². The number of nitrogens with two attached hydrogens (primary N) is 1. The normalized spacial score (nSPS) is 12.1. The number of hydrogen-bond acceptors (Lipinski definition) is 4. The molecule has 0 aromatic heterocycles. The van der Waals surface area contributed by atoms with Gasteiger partial charge in [-0.1, -0.05) is 23.2 Å². The van der Waals surface area contributed by atoms with Gasteiger partial charge in [0.1, 0.15) is 6.61 Å². The van der Waals surface area contributed by atoms with Gasteiger partial charge in [-0.05, 0) is 19.1 Å². The monoisotopic (exact) mass is 306 g/mol. The summed E-state index contributed by atoms with van der Waals surface area (Å²) in [6, 6.07) is 2.49. The molecule has 1 atom stereocenters. The largest absolute Gasteiger partial charge is 0.488 e. The summed E-state index contributed by atoms with van der Waals surface area (Å²) in [5.41, 5.74) is 5.92. The van der Waals surface area contributed by atoms with Gasteiger partial charge in [0, 0.05) is 12.8 Å². The molecule has 1 unspecified atom stereocenters. The number of rotatable bonds is 6. The molecule has 5 nitrogen and oxygen atoms in total. The molecule has 0 aliphatic heterocycles. The molecule has 0 spiro atoms. The van der Waals surface area contributed by atoms with Gasteiger partial charge in [0.25, 0.3) is 0 Å². The van der Waals surface area contributed by atoms with Crippen molar-refractivity contribution in [1.82, 2.24) is 0 Å². The van der Waals surface area contributed by atoms with Crippen LogP contribution in [0, 0.1) is 0 Å². The minimum absolute atomic E-state index is 0.309. The van der Waals surface area contributed by atoms with E-state index >= 15 is 0 Å². The van der Waals surface area contributed by atoms with Crippen LogP contribution in [0.3, 0.4) is 0 Å². The molecule has 1 rings (SSSR count). The molecule has 0 aliphatic carbocycles. The van der Waals surface area contributed by atoms with E-state index < -0.39 is 6.04 Å². The zero-order chi connectivity index (χ0) is 14.4. The first-order chi connectivity index (χ1) is 8.95. The van der Waals surface area contributed by atoms with Gasteiger partial charge in [0.15, 0.2) is 5.75 Å². The summed E-state index contributed by atoms with van der Waals surface area (Å²) in [7, 11) is 1.57. The number of carbonyl (C=O) groups excluding carboxylic acids is 1. The van der Waals surface area contributed by atoms with Gasteiger partial charge in [-0.2, -0.15) is 0 Å². The standard InChI is InChI=1S/C12H16Cl2N2O3/c1-7(15)12(17)16-8-5-9(13)11(10(14)6-8)19-4-3-18-2/h5-7H,3-4,15H2,1-2H3,(H,16,17). The lowest BCUT2D eigenvalue weighted by Gasteiger charge is -2.13. The van der Waals surface area contributed by atoms with Gasteiger partial charge in [0.05, 0.1) is 22.7 Å². The highest BCUT2D eigenvalue weighted by Gasteiger charge is 2.13. The maximum absolute atomic E-state index is 11.5. The number of benzene rings is 1. The maximum atomic E-state index is 11.5. The van der Waals surface area contributed by atoms with E-state index in [1.54, 1.807) is 26.2 Å². The van der Waals surface area contributed by atoms with E-state index in [1.807, 2.05) is 0 Å². The van der Waals surface area contributed by atoms with Gasteiger partial charge < -0.3 is 20.5 Å². The molecule has 0 aliphatic rings.